The van der Waals surface area contributed by atoms with Crippen LogP contribution in [0.2, 0.25) is 10.0 Å². The Morgan fingerprint density at radius 1 is 0.966 bits per heavy atom. The number of esters is 1. The Morgan fingerprint density at radius 3 is 2.34 bits per heavy atom. The summed E-state index contributed by atoms with van der Waals surface area (Å²) in [6.45, 7) is 2.62. The van der Waals surface area contributed by atoms with Crippen LogP contribution < -0.4 is 14.2 Å². The number of benzene rings is 2. The number of ether oxygens (including phenoxy) is 4. The third-order valence-electron chi connectivity index (χ3n) is 3.40. The molecule has 2 aromatic rings. The Morgan fingerprint density at radius 2 is 1.69 bits per heavy atom. The minimum atomic E-state index is -0.484. The SMILES string of the molecule is CCOc1cccc(C(=O)OCCOc2c(Cl)cc(OCC=C(Cl)Cl)cc2Cl)c1. The molecule has 5 nitrogen and oxygen atoms in total. The maximum Gasteiger partial charge on any atom is 0.338 e. The molecule has 0 atom stereocenters. The van der Waals surface area contributed by atoms with Crippen molar-refractivity contribution in [2.75, 3.05) is 26.4 Å². The van der Waals surface area contributed by atoms with Gasteiger partial charge in [-0.1, -0.05) is 52.5 Å². The summed E-state index contributed by atoms with van der Waals surface area (Å²) in [5.41, 5.74) is 0.389. The second-order valence-corrected chi connectivity index (χ2v) is 7.29. The van der Waals surface area contributed by atoms with Gasteiger partial charge in [-0.15, -0.1) is 0 Å². The second-order valence-electron chi connectivity index (χ2n) is 5.47. The molecule has 2 aromatic carbocycles. The van der Waals surface area contributed by atoms with Gasteiger partial charge >= 0.3 is 5.97 Å². The largest absolute Gasteiger partial charge is 0.494 e. The van der Waals surface area contributed by atoms with Crippen molar-refractivity contribution in [2.24, 2.45) is 0 Å². The molecule has 0 aliphatic heterocycles. The molecule has 0 aliphatic rings. The zero-order valence-corrected chi connectivity index (χ0v) is 18.4. The van der Waals surface area contributed by atoms with E-state index in [9.17, 15) is 4.79 Å². The van der Waals surface area contributed by atoms with Gasteiger partial charge in [0.2, 0.25) is 0 Å². The van der Waals surface area contributed by atoms with Crippen LogP contribution in [-0.4, -0.2) is 32.4 Å². The summed E-state index contributed by atoms with van der Waals surface area (Å²) in [6, 6.07) is 9.84. The molecule has 0 heterocycles. The molecule has 0 amide bonds. The van der Waals surface area contributed by atoms with Crippen LogP contribution in [0.1, 0.15) is 17.3 Å². The van der Waals surface area contributed by atoms with Gasteiger partial charge in [0.15, 0.2) is 5.75 Å². The Hall–Kier alpha value is -1.79. The molecule has 9 heteroatoms. The number of carbonyl (C=O) groups excluding carboxylic acids is 1. The molecule has 0 spiro atoms. The lowest BCUT2D eigenvalue weighted by atomic mass is 10.2. The molecule has 29 heavy (non-hydrogen) atoms. The predicted molar refractivity (Wildman–Crippen MR) is 115 cm³/mol. The molecular formula is C20H18Cl4O5. The number of halogens is 4. The van der Waals surface area contributed by atoms with Crippen LogP contribution in [0.15, 0.2) is 47.0 Å². The molecule has 0 saturated heterocycles. The Bertz CT molecular complexity index is 843. The molecule has 0 aromatic heterocycles. The molecule has 0 bridgehead atoms. The van der Waals surface area contributed by atoms with Crippen LogP contribution in [0, 0.1) is 0 Å². The first-order valence-electron chi connectivity index (χ1n) is 8.56. The number of rotatable bonds is 10. The van der Waals surface area contributed by atoms with Crippen LogP contribution in [0.4, 0.5) is 0 Å². The van der Waals surface area contributed by atoms with E-state index in [1.807, 2.05) is 6.92 Å². The molecule has 2 rings (SSSR count). The van der Waals surface area contributed by atoms with Crippen molar-refractivity contribution in [1.29, 1.82) is 0 Å². The zero-order valence-electron chi connectivity index (χ0n) is 15.4. The van der Waals surface area contributed by atoms with Gasteiger partial charge in [-0.2, -0.15) is 0 Å². The van der Waals surface area contributed by atoms with E-state index in [4.69, 9.17) is 65.4 Å². The van der Waals surface area contributed by atoms with Crippen LogP contribution in [0.3, 0.4) is 0 Å². The van der Waals surface area contributed by atoms with Crippen LogP contribution >= 0.6 is 46.4 Å². The van der Waals surface area contributed by atoms with Crippen LogP contribution in [-0.2, 0) is 4.74 Å². The van der Waals surface area contributed by atoms with Gasteiger partial charge in [0.25, 0.3) is 0 Å². The lowest BCUT2D eigenvalue weighted by Gasteiger charge is -2.12. The summed E-state index contributed by atoms with van der Waals surface area (Å²) in [4.78, 5) is 12.1. The second kappa shape index (κ2) is 12.0. The van der Waals surface area contributed by atoms with Gasteiger partial charge in [-0.3, -0.25) is 0 Å². The monoisotopic (exact) mass is 478 g/mol. The highest BCUT2D eigenvalue weighted by molar-refractivity contribution is 6.55. The summed E-state index contributed by atoms with van der Waals surface area (Å²) in [5, 5.41) is 0.508. The van der Waals surface area contributed by atoms with Crippen molar-refractivity contribution in [3.63, 3.8) is 0 Å². The van der Waals surface area contributed by atoms with E-state index in [2.05, 4.69) is 0 Å². The average molecular weight is 480 g/mol. The zero-order chi connectivity index (χ0) is 21.2. The summed E-state index contributed by atoms with van der Waals surface area (Å²) in [5.74, 6) is 0.810. The number of hydrogen-bond acceptors (Lipinski definition) is 5. The Balaban J connectivity index is 1.86. The maximum atomic E-state index is 12.1. The van der Waals surface area contributed by atoms with E-state index in [1.165, 1.54) is 6.08 Å². The number of carbonyl (C=O) groups is 1. The molecule has 0 unspecified atom stereocenters. The molecule has 156 valence electrons. The van der Waals surface area contributed by atoms with Gasteiger partial charge in [0.1, 0.15) is 35.8 Å². The molecular weight excluding hydrogens is 462 g/mol. The summed E-state index contributed by atoms with van der Waals surface area (Å²) < 4.78 is 21.6. The summed E-state index contributed by atoms with van der Waals surface area (Å²) in [7, 11) is 0. The smallest absolute Gasteiger partial charge is 0.338 e. The minimum absolute atomic E-state index is 0.0155. The van der Waals surface area contributed by atoms with Crippen LogP contribution in [0.25, 0.3) is 0 Å². The Kier molecular flexibility index (Phi) is 9.74. The van der Waals surface area contributed by atoms with Gasteiger partial charge in [0, 0.05) is 12.1 Å². The van der Waals surface area contributed by atoms with Crippen molar-refractivity contribution in [2.45, 2.75) is 6.92 Å². The van der Waals surface area contributed by atoms with Gasteiger partial charge in [0.05, 0.1) is 22.2 Å². The summed E-state index contributed by atoms with van der Waals surface area (Å²) in [6.07, 6.45) is 1.48. The third-order valence-corrected chi connectivity index (χ3v) is 4.27. The first-order valence-corrected chi connectivity index (χ1v) is 10.1. The van der Waals surface area contributed by atoms with E-state index in [-0.39, 0.29) is 40.1 Å². The lowest BCUT2D eigenvalue weighted by Crippen LogP contribution is -2.13. The summed E-state index contributed by atoms with van der Waals surface area (Å²) >= 11 is 23.4. The maximum absolute atomic E-state index is 12.1. The number of hydrogen-bond donors (Lipinski definition) is 0. The first-order chi connectivity index (χ1) is 13.9. The van der Waals surface area contributed by atoms with Gasteiger partial charge in [-0.05, 0) is 31.2 Å². The van der Waals surface area contributed by atoms with Crippen molar-refractivity contribution in [3.8, 4) is 17.2 Å². The highest BCUT2D eigenvalue weighted by atomic mass is 35.5. The topological polar surface area (TPSA) is 54.0 Å². The van der Waals surface area contributed by atoms with Crippen molar-refractivity contribution in [3.05, 3.63) is 62.6 Å². The van der Waals surface area contributed by atoms with Crippen molar-refractivity contribution >= 4 is 52.4 Å². The van der Waals surface area contributed by atoms with Crippen molar-refractivity contribution < 1.29 is 23.7 Å². The molecule has 0 fully saturated rings. The van der Waals surface area contributed by atoms with Crippen LogP contribution in [0.5, 0.6) is 17.2 Å². The van der Waals surface area contributed by atoms with E-state index in [0.29, 0.717) is 23.7 Å². The molecule has 0 aliphatic carbocycles. The van der Waals surface area contributed by atoms with E-state index in [0.717, 1.165) is 0 Å². The predicted octanol–water partition coefficient (Wildman–Crippen LogP) is 6.33. The minimum Gasteiger partial charge on any atom is -0.494 e. The fraction of sp³-hybridized carbons (Fsp3) is 0.250. The quantitative estimate of drug-likeness (QED) is 0.294. The molecule has 0 N–H and O–H groups in total. The third kappa shape index (κ3) is 7.86. The average Bonchev–Trinajstić information content (AvgIpc) is 2.67. The van der Waals surface area contributed by atoms with Crippen molar-refractivity contribution in [1.82, 2.24) is 0 Å². The van der Waals surface area contributed by atoms with E-state index >= 15 is 0 Å². The highest BCUT2D eigenvalue weighted by Gasteiger charge is 2.12. The Labute approximate surface area is 189 Å². The van der Waals surface area contributed by atoms with E-state index < -0.39 is 5.97 Å². The van der Waals surface area contributed by atoms with Gasteiger partial charge < -0.3 is 18.9 Å². The lowest BCUT2D eigenvalue weighted by molar-refractivity contribution is 0.0450. The molecule has 0 radical (unpaired) electrons. The first kappa shape index (κ1) is 23.5. The molecule has 0 saturated carbocycles. The van der Waals surface area contributed by atoms with Gasteiger partial charge in [-0.25, -0.2) is 4.79 Å². The van der Waals surface area contributed by atoms with E-state index in [1.54, 1.807) is 36.4 Å². The normalized spacial score (nSPS) is 10.2. The fourth-order valence-electron chi connectivity index (χ4n) is 2.20. The standard InChI is InChI=1S/C20H18Cl4O5/c1-2-26-14-5-3-4-13(10-14)20(25)29-9-8-28-19-16(21)11-15(12-17(19)22)27-7-6-18(23)24/h3-6,10-12H,2,7-9H2,1H3. The highest BCUT2D eigenvalue weighted by Crippen LogP contribution is 2.37. The fourth-order valence-corrected chi connectivity index (χ4v) is 2.90.